The predicted octanol–water partition coefficient (Wildman–Crippen LogP) is 3.25. The van der Waals surface area contributed by atoms with Gasteiger partial charge in [-0.3, -0.25) is 9.89 Å². The maximum Gasteiger partial charge on any atom is 0.208 e. The maximum absolute atomic E-state index is 5.77. The van der Waals surface area contributed by atoms with Gasteiger partial charge < -0.3 is 19.2 Å². The number of oxazole rings is 1. The normalized spacial score (nSPS) is 23.6. The van der Waals surface area contributed by atoms with Gasteiger partial charge in [-0.1, -0.05) is 6.92 Å². The smallest absolute Gasteiger partial charge is 0.208 e. The Morgan fingerprint density at radius 1 is 1.22 bits per heavy atom. The summed E-state index contributed by atoms with van der Waals surface area (Å²) in [6.07, 6.45) is 9.44. The van der Waals surface area contributed by atoms with E-state index < -0.39 is 0 Å². The molecule has 2 aromatic heterocycles. The topological polar surface area (TPSA) is 74.7 Å². The SMILES string of the molecule is CCNC(=NCC1CCN(Cc2nc(C)c(C)o2)CC1)N1CCC(C)C(n2ccnc2)C1. The zero-order chi connectivity index (χ0) is 22.5. The molecule has 32 heavy (non-hydrogen) atoms. The summed E-state index contributed by atoms with van der Waals surface area (Å²) < 4.78 is 8.02. The van der Waals surface area contributed by atoms with Crippen molar-refractivity contribution in [1.82, 2.24) is 29.7 Å². The molecule has 2 aliphatic heterocycles. The van der Waals surface area contributed by atoms with Crippen LogP contribution in [0, 0.1) is 25.7 Å². The van der Waals surface area contributed by atoms with Crippen LogP contribution in [0.3, 0.4) is 0 Å². The van der Waals surface area contributed by atoms with Crippen molar-refractivity contribution in [2.45, 2.75) is 59.5 Å². The van der Waals surface area contributed by atoms with Crippen molar-refractivity contribution in [3.63, 3.8) is 0 Å². The van der Waals surface area contributed by atoms with E-state index in [9.17, 15) is 0 Å². The molecule has 2 atom stereocenters. The lowest BCUT2D eigenvalue weighted by molar-refractivity contribution is 0.165. The third-order valence-corrected chi connectivity index (χ3v) is 7.10. The first-order valence-corrected chi connectivity index (χ1v) is 12.2. The van der Waals surface area contributed by atoms with Crippen molar-refractivity contribution in [2.24, 2.45) is 16.8 Å². The molecule has 176 valence electrons. The van der Waals surface area contributed by atoms with Crippen LogP contribution in [0.1, 0.15) is 56.5 Å². The highest BCUT2D eigenvalue weighted by atomic mass is 16.4. The van der Waals surface area contributed by atoms with Crippen molar-refractivity contribution in [1.29, 1.82) is 0 Å². The standard InChI is InChI=1S/C24H39N7O/c1-5-26-24(30-12-6-18(2)22(15-30)31-13-9-25-17-31)27-14-21-7-10-29(11-8-21)16-23-28-19(3)20(4)32-23/h9,13,17-18,21-22H,5-8,10-12,14-16H2,1-4H3,(H,26,27). The molecule has 0 aromatic carbocycles. The number of nitrogens with zero attached hydrogens (tertiary/aromatic N) is 6. The number of aryl methyl sites for hydroxylation is 2. The second kappa shape index (κ2) is 10.5. The quantitative estimate of drug-likeness (QED) is 0.548. The summed E-state index contributed by atoms with van der Waals surface area (Å²) >= 11 is 0. The molecule has 0 spiro atoms. The maximum atomic E-state index is 5.77. The molecular weight excluding hydrogens is 402 g/mol. The minimum Gasteiger partial charge on any atom is -0.444 e. The van der Waals surface area contributed by atoms with Gasteiger partial charge in [0.2, 0.25) is 5.89 Å². The number of nitrogens with one attached hydrogen (secondary N) is 1. The summed E-state index contributed by atoms with van der Waals surface area (Å²) in [6, 6.07) is 0.445. The summed E-state index contributed by atoms with van der Waals surface area (Å²) in [5.74, 6) is 4.13. The largest absolute Gasteiger partial charge is 0.444 e. The van der Waals surface area contributed by atoms with Gasteiger partial charge in [0.15, 0.2) is 5.96 Å². The molecule has 8 heteroatoms. The number of likely N-dealkylation sites (tertiary alicyclic amines) is 2. The van der Waals surface area contributed by atoms with Gasteiger partial charge in [-0.2, -0.15) is 0 Å². The number of rotatable bonds is 6. The van der Waals surface area contributed by atoms with Crippen molar-refractivity contribution in [3.8, 4) is 0 Å². The monoisotopic (exact) mass is 441 g/mol. The van der Waals surface area contributed by atoms with Gasteiger partial charge in [0, 0.05) is 38.6 Å². The van der Waals surface area contributed by atoms with Gasteiger partial charge >= 0.3 is 0 Å². The minimum absolute atomic E-state index is 0.445. The van der Waals surface area contributed by atoms with Gasteiger partial charge in [0.25, 0.3) is 0 Å². The van der Waals surface area contributed by atoms with E-state index in [-0.39, 0.29) is 0 Å². The Morgan fingerprint density at radius 2 is 2.03 bits per heavy atom. The number of guanidine groups is 1. The lowest BCUT2D eigenvalue weighted by Crippen LogP contribution is -2.49. The summed E-state index contributed by atoms with van der Waals surface area (Å²) in [5, 5.41) is 3.54. The highest BCUT2D eigenvalue weighted by Gasteiger charge is 2.29. The van der Waals surface area contributed by atoms with Crippen LogP contribution in [-0.2, 0) is 6.54 Å². The molecular formula is C24H39N7O. The molecule has 2 aliphatic rings. The molecule has 4 heterocycles. The molecule has 0 amide bonds. The van der Waals surface area contributed by atoms with Gasteiger partial charge in [-0.05, 0) is 65.0 Å². The Bertz CT molecular complexity index is 848. The Morgan fingerprint density at radius 3 is 2.69 bits per heavy atom. The number of hydrogen-bond donors (Lipinski definition) is 1. The van der Waals surface area contributed by atoms with E-state index >= 15 is 0 Å². The molecule has 0 aliphatic carbocycles. The Balaban J connectivity index is 1.30. The molecule has 0 bridgehead atoms. The first kappa shape index (κ1) is 22.8. The van der Waals surface area contributed by atoms with Crippen molar-refractivity contribution < 1.29 is 4.42 Å². The van der Waals surface area contributed by atoms with E-state index in [1.54, 1.807) is 0 Å². The lowest BCUT2D eigenvalue weighted by atomic mass is 9.93. The van der Waals surface area contributed by atoms with E-state index in [1.807, 2.05) is 26.4 Å². The number of aromatic nitrogens is 3. The van der Waals surface area contributed by atoms with Gasteiger partial charge in [-0.25, -0.2) is 9.97 Å². The molecule has 4 rings (SSSR count). The van der Waals surface area contributed by atoms with Crippen LogP contribution in [0.2, 0.25) is 0 Å². The highest BCUT2D eigenvalue weighted by Crippen LogP contribution is 2.27. The highest BCUT2D eigenvalue weighted by molar-refractivity contribution is 5.80. The van der Waals surface area contributed by atoms with Crippen LogP contribution >= 0.6 is 0 Å². The van der Waals surface area contributed by atoms with Crippen LogP contribution in [-0.4, -0.2) is 69.6 Å². The fourth-order valence-corrected chi connectivity index (χ4v) is 4.86. The van der Waals surface area contributed by atoms with E-state index in [4.69, 9.17) is 9.41 Å². The number of hydrogen-bond acceptors (Lipinski definition) is 5. The zero-order valence-electron chi connectivity index (χ0n) is 20.1. The van der Waals surface area contributed by atoms with E-state index in [1.165, 1.54) is 19.3 Å². The number of imidazole rings is 1. The van der Waals surface area contributed by atoms with E-state index in [0.29, 0.717) is 17.9 Å². The zero-order valence-corrected chi connectivity index (χ0v) is 20.1. The van der Waals surface area contributed by atoms with Gasteiger partial charge in [0.1, 0.15) is 5.76 Å². The van der Waals surface area contributed by atoms with Crippen molar-refractivity contribution in [3.05, 3.63) is 36.1 Å². The van der Waals surface area contributed by atoms with E-state index in [0.717, 1.165) is 69.1 Å². The Labute approximate surface area is 192 Å². The summed E-state index contributed by atoms with van der Waals surface area (Å²) in [4.78, 5) is 18.8. The Kier molecular flexibility index (Phi) is 7.50. The predicted molar refractivity (Wildman–Crippen MR) is 127 cm³/mol. The van der Waals surface area contributed by atoms with Crippen LogP contribution in [0.25, 0.3) is 0 Å². The molecule has 0 saturated carbocycles. The molecule has 0 radical (unpaired) electrons. The minimum atomic E-state index is 0.445. The fraction of sp³-hybridized carbons (Fsp3) is 0.708. The molecule has 2 unspecified atom stereocenters. The molecule has 2 saturated heterocycles. The van der Waals surface area contributed by atoms with Crippen molar-refractivity contribution in [2.75, 3.05) is 39.3 Å². The van der Waals surface area contributed by atoms with Gasteiger partial charge in [-0.15, -0.1) is 0 Å². The first-order chi connectivity index (χ1) is 15.5. The van der Waals surface area contributed by atoms with Crippen LogP contribution in [0.5, 0.6) is 0 Å². The first-order valence-electron chi connectivity index (χ1n) is 12.2. The summed E-state index contributed by atoms with van der Waals surface area (Å²) in [7, 11) is 0. The number of aliphatic imine (C=N–C) groups is 1. The molecule has 8 nitrogen and oxygen atoms in total. The Hall–Kier alpha value is -2.35. The average Bonchev–Trinajstić information content (AvgIpc) is 3.43. The summed E-state index contributed by atoms with van der Waals surface area (Å²) in [6.45, 7) is 15.3. The second-order valence-corrected chi connectivity index (χ2v) is 9.45. The van der Waals surface area contributed by atoms with Crippen molar-refractivity contribution >= 4 is 5.96 Å². The van der Waals surface area contributed by atoms with Crippen LogP contribution in [0.15, 0.2) is 28.1 Å². The van der Waals surface area contributed by atoms with Crippen LogP contribution < -0.4 is 5.32 Å². The van der Waals surface area contributed by atoms with Gasteiger partial charge in [0.05, 0.1) is 24.6 Å². The van der Waals surface area contributed by atoms with E-state index in [2.05, 4.69) is 49.7 Å². The molecule has 2 aromatic rings. The third kappa shape index (κ3) is 5.52. The lowest BCUT2D eigenvalue weighted by Gasteiger charge is -2.39. The number of piperidine rings is 2. The van der Waals surface area contributed by atoms with Crippen LogP contribution in [0.4, 0.5) is 0 Å². The molecule has 1 N–H and O–H groups in total. The third-order valence-electron chi connectivity index (χ3n) is 7.10. The summed E-state index contributed by atoms with van der Waals surface area (Å²) in [5.41, 5.74) is 1.00. The fourth-order valence-electron chi connectivity index (χ4n) is 4.86. The average molecular weight is 442 g/mol. The molecule has 2 fully saturated rings. The second-order valence-electron chi connectivity index (χ2n) is 9.45.